The van der Waals surface area contributed by atoms with Crippen molar-refractivity contribution < 1.29 is 37.2 Å². The first kappa shape index (κ1) is 32.5. The molecule has 5 rings (SSSR count). The van der Waals surface area contributed by atoms with Crippen molar-refractivity contribution in [1.82, 2.24) is 14.9 Å². The number of amides is 1. The van der Waals surface area contributed by atoms with Gasteiger partial charge in [-0.3, -0.25) is 24.8 Å². The van der Waals surface area contributed by atoms with Gasteiger partial charge in [-0.15, -0.1) is 10.2 Å². The number of aliphatic imine (C=N–C) groups is 1. The normalized spacial score (nSPS) is 16.3. The van der Waals surface area contributed by atoms with Crippen LogP contribution in [0.1, 0.15) is 21.5 Å². The number of benzene rings is 2. The zero-order valence-corrected chi connectivity index (χ0v) is 24.7. The molecule has 1 amide bonds. The molecule has 3 heterocycles. The lowest BCUT2D eigenvalue weighted by Gasteiger charge is -2.35. The van der Waals surface area contributed by atoms with Gasteiger partial charge in [0, 0.05) is 44.8 Å². The summed E-state index contributed by atoms with van der Waals surface area (Å²) < 4.78 is 50.8. The molecule has 2 aliphatic heterocycles. The van der Waals surface area contributed by atoms with E-state index in [4.69, 9.17) is 9.47 Å². The largest absolute Gasteiger partial charge is 0.460 e. The number of nitrogens with one attached hydrogen (secondary N) is 2. The molecule has 1 atom stereocenters. The molecule has 19 heteroatoms. The van der Waals surface area contributed by atoms with E-state index in [1.165, 1.54) is 30.6 Å². The van der Waals surface area contributed by atoms with Gasteiger partial charge in [0.1, 0.15) is 6.61 Å². The molecule has 246 valence electrons. The highest BCUT2D eigenvalue weighted by molar-refractivity contribution is 5.93. The van der Waals surface area contributed by atoms with E-state index >= 15 is 0 Å². The average molecular weight is 658 g/mol. The Bertz CT molecular complexity index is 1790. The number of halogens is 3. The Kier molecular flexibility index (Phi) is 8.89. The van der Waals surface area contributed by atoms with Crippen LogP contribution in [0.4, 0.5) is 41.1 Å². The highest BCUT2D eigenvalue weighted by Crippen LogP contribution is 2.52. The molecule has 1 unspecified atom stereocenters. The summed E-state index contributed by atoms with van der Waals surface area (Å²) in [6.07, 6.45) is -4.10. The van der Waals surface area contributed by atoms with Crippen LogP contribution in [-0.2, 0) is 21.6 Å². The number of aromatic amines is 1. The molecule has 2 aromatic carbocycles. The van der Waals surface area contributed by atoms with Crippen LogP contribution in [0.2, 0.25) is 0 Å². The van der Waals surface area contributed by atoms with Gasteiger partial charge in [0.2, 0.25) is 5.95 Å². The number of aromatic nitrogens is 2. The molecule has 16 nitrogen and oxygen atoms in total. The minimum atomic E-state index is -4.73. The fourth-order valence-electron chi connectivity index (χ4n) is 4.54. The lowest BCUT2D eigenvalue weighted by Crippen LogP contribution is -2.53. The zero-order valence-electron chi connectivity index (χ0n) is 24.7. The van der Waals surface area contributed by atoms with Gasteiger partial charge >= 0.3 is 23.9 Å². The maximum absolute atomic E-state index is 13.4. The lowest BCUT2D eigenvalue weighted by molar-refractivity contribution is -0.384. The first-order valence-electron chi connectivity index (χ1n) is 13.9. The quantitative estimate of drug-likeness (QED) is 0.106. The minimum Gasteiger partial charge on any atom is -0.460 e. The SMILES string of the molecule is CN(C)/C=N/c1nc2c(c(=O)[nH]1)N(C(=O)OCCc1ccc([N+](=O)[O-])cc1)C(COC(=O)c1ccc(C3(C(F)(F)F)N=N3)cc1)CN2. The number of anilines is 2. The number of alkyl halides is 3. The monoisotopic (exact) mass is 657 g/mol. The van der Waals surface area contributed by atoms with Crippen molar-refractivity contribution in [3.63, 3.8) is 0 Å². The van der Waals surface area contributed by atoms with Crippen molar-refractivity contribution in [2.75, 3.05) is 44.1 Å². The number of esters is 1. The van der Waals surface area contributed by atoms with E-state index in [1.54, 1.807) is 19.0 Å². The third-order valence-corrected chi connectivity index (χ3v) is 6.99. The number of nitro groups is 1. The van der Waals surface area contributed by atoms with Gasteiger partial charge in [0.05, 0.1) is 29.5 Å². The molecule has 1 aromatic heterocycles. The summed E-state index contributed by atoms with van der Waals surface area (Å²) in [5.74, 6) is -0.937. The van der Waals surface area contributed by atoms with E-state index in [1.807, 2.05) is 0 Å². The van der Waals surface area contributed by atoms with Gasteiger partial charge in [-0.1, -0.05) is 24.3 Å². The van der Waals surface area contributed by atoms with Crippen LogP contribution in [-0.4, -0.2) is 84.3 Å². The Morgan fingerprint density at radius 3 is 2.43 bits per heavy atom. The third kappa shape index (κ3) is 7.02. The smallest absolute Gasteiger partial charge is 0.442 e. The van der Waals surface area contributed by atoms with E-state index in [9.17, 15) is 37.7 Å². The Morgan fingerprint density at radius 1 is 1.15 bits per heavy atom. The van der Waals surface area contributed by atoms with E-state index in [-0.39, 0.29) is 53.8 Å². The van der Waals surface area contributed by atoms with E-state index in [0.29, 0.717) is 5.56 Å². The second kappa shape index (κ2) is 12.9. The van der Waals surface area contributed by atoms with E-state index in [0.717, 1.165) is 29.2 Å². The highest BCUT2D eigenvalue weighted by atomic mass is 19.4. The van der Waals surface area contributed by atoms with Crippen LogP contribution in [0.25, 0.3) is 0 Å². The number of nitro benzene ring substituents is 1. The molecule has 0 aliphatic carbocycles. The Hall–Kier alpha value is -5.88. The summed E-state index contributed by atoms with van der Waals surface area (Å²) in [6.45, 7) is -0.647. The standard InChI is InChI=1S/C28H26F3N9O7/c1-38(2)15-33-25-34-22-21(23(41)35-25)39(26(43)46-12-11-16-3-9-19(10-4-16)40(44)45)20(13-32-22)14-47-24(42)17-5-7-18(8-6-17)27(36-37-27)28(29,30)31/h3-10,15,20H,11-14H2,1-2H3,(H2,32,34,35,41)/b33-15+. The summed E-state index contributed by atoms with van der Waals surface area (Å²) in [7, 11) is 3.43. The maximum atomic E-state index is 13.4. The van der Waals surface area contributed by atoms with Crippen molar-refractivity contribution in [3.05, 3.63) is 85.7 Å². The molecule has 0 fully saturated rings. The summed E-state index contributed by atoms with van der Waals surface area (Å²) in [5.41, 5.74) is -3.41. The Morgan fingerprint density at radius 2 is 1.83 bits per heavy atom. The molecule has 3 aromatic rings. The van der Waals surface area contributed by atoms with Crippen molar-refractivity contribution >= 4 is 41.5 Å². The topological polar surface area (TPSA) is 197 Å². The predicted octanol–water partition coefficient (Wildman–Crippen LogP) is 3.92. The number of H-pyrrole nitrogens is 1. The molecule has 0 spiro atoms. The predicted molar refractivity (Wildman–Crippen MR) is 159 cm³/mol. The van der Waals surface area contributed by atoms with Gasteiger partial charge in [-0.2, -0.15) is 18.2 Å². The van der Waals surface area contributed by atoms with Crippen molar-refractivity contribution in [2.45, 2.75) is 24.3 Å². The number of carbonyl (C=O) groups is 2. The average Bonchev–Trinajstić information content (AvgIpc) is 3.85. The number of hydrogen-bond acceptors (Lipinski definition) is 12. The van der Waals surface area contributed by atoms with E-state index < -0.39 is 47.0 Å². The number of nitrogens with zero attached hydrogens (tertiary/aromatic N) is 7. The molecule has 0 radical (unpaired) electrons. The lowest BCUT2D eigenvalue weighted by atomic mass is 10.0. The summed E-state index contributed by atoms with van der Waals surface area (Å²) in [6, 6.07) is 9.09. The van der Waals surface area contributed by atoms with Crippen LogP contribution < -0.4 is 15.8 Å². The zero-order chi connectivity index (χ0) is 33.9. The molecular formula is C28H26F3N9O7. The molecular weight excluding hydrogens is 631 g/mol. The fraction of sp³-hybridized carbons (Fsp3) is 0.321. The molecule has 0 bridgehead atoms. The first-order chi connectivity index (χ1) is 22.3. The Labute approximate surface area is 263 Å². The van der Waals surface area contributed by atoms with Gasteiger partial charge in [0.15, 0.2) is 11.5 Å². The first-order valence-corrected chi connectivity index (χ1v) is 13.9. The minimum absolute atomic E-state index is 0.0136. The van der Waals surface area contributed by atoms with Crippen molar-refractivity contribution in [3.8, 4) is 0 Å². The highest BCUT2D eigenvalue weighted by Gasteiger charge is 2.65. The van der Waals surface area contributed by atoms with Crippen LogP contribution in [0.15, 0.2) is 68.5 Å². The number of hydrogen-bond donors (Lipinski definition) is 2. The van der Waals surface area contributed by atoms with Crippen molar-refractivity contribution in [2.24, 2.45) is 15.2 Å². The molecule has 47 heavy (non-hydrogen) atoms. The number of fused-ring (bicyclic) bond motifs is 1. The summed E-state index contributed by atoms with van der Waals surface area (Å²) in [5, 5.41) is 20.1. The van der Waals surface area contributed by atoms with E-state index in [2.05, 4.69) is 30.5 Å². The number of non-ortho nitro benzene ring substituents is 1. The van der Waals surface area contributed by atoms with Gasteiger partial charge in [0.25, 0.3) is 11.2 Å². The summed E-state index contributed by atoms with van der Waals surface area (Å²) in [4.78, 5) is 63.2. The Balaban J connectivity index is 1.32. The van der Waals surface area contributed by atoms with Crippen LogP contribution in [0, 0.1) is 10.1 Å². The van der Waals surface area contributed by atoms with Gasteiger partial charge in [-0.05, 0) is 17.7 Å². The molecule has 2 N–H and O–H groups in total. The van der Waals surface area contributed by atoms with Crippen molar-refractivity contribution in [1.29, 1.82) is 0 Å². The summed E-state index contributed by atoms with van der Waals surface area (Å²) >= 11 is 0. The molecule has 2 aliphatic rings. The maximum Gasteiger partial charge on any atom is 0.442 e. The third-order valence-electron chi connectivity index (χ3n) is 6.99. The second-order valence-electron chi connectivity index (χ2n) is 10.5. The van der Waals surface area contributed by atoms with Crippen LogP contribution in [0.5, 0.6) is 0 Å². The van der Waals surface area contributed by atoms with Gasteiger partial charge in [-0.25, -0.2) is 14.6 Å². The number of carbonyl (C=O) groups excluding carboxylic acids is 2. The fourth-order valence-corrected chi connectivity index (χ4v) is 4.54. The number of rotatable bonds is 10. The van der Waals surface area contributed by atoms with Gasteiger partial charge < -0.3 is 19.7 Å². The second-order valence-corrected chi connectivity index (χ2v) is 10.5. The molecule has 0 saturated carbocycles. The van der Waals surface area contributed by atoms with Crippen LogP contribution >= 0.6 is 0 Å². The molecule has 0 saturated heterocycles. The number of ether oxygens (including phenoxy) is 2. The van der Waals surface area contributed by atoms with Crippen LogP contribution in [0.3, 0.4) is 0 Å².